The molecule has 0 aliphatic carbocycles. The quantitative estimate of drug-likeness (QED) is 0.367. The Morgan fingerprint density at radius 2 is 1.58 bits per heavy atom. The Morgan fingerprint density at radius 1 is 0.939 bits per heavy atom. The lowest BCUT2D eigenvalue weighted by atomic mass is 9.98. The summed E-state index contributed by atoms with van der Waals surface area (Å²) in [5.74, 6) is -1.33. The monoisotopic (exact) mass is 448 g/mol. The Balaban J connectivity index is 1.81. The summed E-state index contributed by atoms with van der Waals surface area (Å²) in [5, 5.41) is 5.89. The Labute approximate surface area is 193 Å². The van der Waals surface area contributed by atoms with Gasteiger partial charge in [-0.2, -0.15) is 0 Å². The molecule has 0 bridgehead atoms. The van der Waals surface area contributed by atoms with E-state index in [-0.39, 0.29) is 47.7 Å². The van der Waals surface area contributed by atoms with Gasteiger partial charge in [-0.1, -0.05) is 60.2 Å². The minimum atomic E-state index is -0.718. The molecule has 2 aromatic carbocycles. The summed E-state index contributed by atoms with van der Waals surface area (Å²) in [4.78, 5) is 37.3. The van der Waals surface area contributed by atoms with Crippen LogP contribution >= 0.6 is 0 Å². The van der Waals surface area contributed by atoms with E-state index >= 15 is 0 Å². The van der Waals surface area contributed by atoms with Crippen molar-refractivity contribution in [1.82, 2.24) is 5.32 Å². The molecule has 2 N–H and O–H groups in total. The second-order valence-electron chi connectivity index (χ2n) is 7.70. The van der Waals surface area contributed by atoms with E-state index in [1.807, 2.05) is 61.5 Å². The van der Waals surface area contributed by atoms with Gasteiger partial charge >= 0.3 is 5.97 Å². The topological polar surface area (TPSA) is 97.6 Å². The van der Waals surface area contributed by atoms with Crippen molar-refractivity contribution in [3.8, 4) is 0 Å². The summed E-state index contributed by atoms with van der Waals surface area (Å²) in [6.07, 6.45) is 0. The first-order valence-corrected chi connectivity index (χ1v) is 10.8. The molecule has 0 unspecified atom stereocenters. The van der Waals surface area contributed by atoms with Gasteiger partial charge in [0.15, 0.2) is 5.78 Å². The first kappa shape index (κ1) is 23.9. The normalized spacial score (nSPS) is 11.6. The van der Waals surface area contributed by atoms with Gasteiger partial charge in [-0.3, -0.25) is 20.2 Å². The maximum absolute atomic E-state index is 12.8. The predicted molar refractivity (Wildman–Crippen MR) is 126 cm³/mol. The fraction of sp³-hybridized carbons (Fsp3) is 0.269. The molecule has 0 saturated heterocycles. The highest BCUT2D eigenvalue weighted by atomic mass is 16.5. The van der Waals surface area contributed by atoms with Crippen molar-refractivity contribution in [3.05, 3.63) is 88.2 Å². The smallest absolute Gasteiger partial charge is 0.344 e. The van der Waals surface area contributed by atoms with E-state index < -0.39 is 11.9 Å². The third-order valence-electron chi connectivity index (χ3n) is 5.18. The van der Waals surface area contributed by atoms with Crippen LogP contribution in [-0.4, -0.2) is 30.8 Å². The predicted octanol–water partition coefficient (Wildman–Crippen LogP) is 4.59. The molecule has 1 aromatic heterocycles. The second kappa shape index (κ2) is 10.7. The van der Waals surface area contributed by atoms with Gasteiger partial charge in [0, 0.05) is 0 Å². The Kier molecular flexibility index (Phi) is 7.79. The van der Waals surface area contributed by atoms with Crippen LogP contribution in [0.25, 0.3) is 0 Å². The number of amides is 1. The molecule has 0 saturated carbocycles. The molecular weight excluding hydrogens is 420 g/mol. The zero-order valence-corrected chi connectivity index (χ0v) is 19.2. The van der Waals surface area contributed by atoms with Gasteiger partial charge in [0.2, 0.25) is 11.8 Å². The van der Waals surface area contributed by atoms with E-state index in [1.165, 1.54) is 6.92 Å². The highest BCUT2D eigenvalue weighted by Gasteiger charge is 2.29. The van der Waals surface area contributed by atoms with Gasteiger partial charge in [-0.05, 0) is 38.8 Å². The van der Waals surface area contributed by atoms with E-state index in [1.54, 1.807) is 13.8 Å². The number of Topliss-reactive ketones (excluding diaryl/α,β-unsaturated/α-hetero) is 1. The van der Waals surface area contributed by atoms with Gasteiger partial charge in [0.05, 0.1) is 24.8 Å². The molecule has 0 spiro atoms. The van der Waals surface area contributed by atoms with Crippen molar-refractivity contribution >= 4 is 23.5 Å². The number of benzene rings is 2. The van der Waals surface area contributed by atoms with Crippen LogP contribution in [0.4, 0.5) is 5.88 Å². The lowest BCUT2D eigenvalue weighted by molar-refractivity contribution is -0.115. The summed E-state index contributed by atoms with van der Waals surface area (Å²) in [7, 11) is 0. The fourth-order valence-electron chi connectivity index (χ4n) is 3.65. The average Bonchev–Trinajstić information content (AvgIpc) is 3.11. The highest BCUT2D eigenvalue weighted by molar-refractivity contribution is 6.10. The maximum atomic E-state index is 12.8. The molecule has 1 heterocycles. The molecule has 7 heteroatoms. The van der Waals surface area contributed by atoms with Gasteiger partial charge in [0.1, 0.15) is 11.3 Å². The maximum Gasteiger partial charge on any atom is 0.344 e. The third kappa shape index (κ3) is 5.75. The van der Waals surface area contributed by atoms with Crippen molar-refractivity contribution in [2.24, 2.45) is 0 Å². The number of hydrogen-bond donors (Lipinski definition) is 2. The Hall–Kier alpha value is -3.71. The molecule has 0 radical (unpaired) electrons. The SMILES string of the molecule is CCOC(=O)c1c(NC(=O)CN[C@H](c2ccccc2)c2ccc(C)cc2)oc(C)c1C(C)=O. The number of carbonyl (C=O) groups excluding carboxylic acids is 3. The van der Waals surface area contributed by atoms with Gasteiger partial charge in [-0.25, -0.2) is 4.79 Å². The number of esters is 1. The van der Waals surface area contributed by atoms with E-state index in [2.05, 4.69) is 10.6 Å². The van der Waals surface area contributed by atoms with Crippen LogP contribution < -0.4 is 10.6 Å². The van der Waals surface area contributed by atoms with Crippen LogP contribution in [0.1, 0.15) is 63.1 Å². The molecule has 7 nitrogen and oxygen atoms in total. The van der Waals surface area contributed by atoms with Crippen LogP contribution in [0.15, 0.2) is 59.0 Å². The zero-order valence-electron chi connectivity index (χ0n) is 19.2. The van der Waals surface area contributed by atoms with Crippen LogP contribution in [0.2, 0.25) is 0 Å². The van der Waals surface area contributed by atoms with Crippen molar-refractivity contribution in [2.45, 2.75) is 33.7 Å². The van der Waals surface area contributed by atoms with E-state index in [9.17, 15) is 14.4 Å². The lowest BCUT2D eigenvalue weighted by Gasteiger charge is -2.20. The van der Waals surface area contributed by atoms with E-state index in [4.69, 9.17) is 9.15 Å². The van der Waals surface area contributed by atoms with E-state index in [0.717, 1.165) is 16.7 Å². The minimum Gasteiger partial charge on any atom is -0.462 e. The van der Waals surface area contributed by atoms with Crippen LogP contribution in [0, 0.1) is 13.8 Å². The zero-order chi connectivity index (χ0) is 24.0. The van der Waals surface area contributed by atoms with Crippen molar-refractivity contribution < 1.29 is 23.5 Å². The summed E-state index contributed by atoms with van der Waals surface area (Å²) < 4.78 is 10.6. The molecular formula is C26H28N2O5. The van der Waals surface area contributed by atoms with Gasteiger partial charge in [-0.15, -0.1) is 0 Å². The minimum absolute atomic E-state index is 0.0507. The highest BCUT2D eigenvalue weighted by Crippen LogP contribution is 2.29. The van der Waals surface area contributed by atoms with E-state index in [0.29, 0.717) is 0 Å². The number of aryl methyl sites for hydroxylation is 2. The number of ketones is 1. The molecule has 3 aromatic rings. The number of ether oxygens (including phenoxy) is 1. The first-order chi connectivity index (χ1) is 15.8. The Morgan fingerprint density at radius 3 is 2.18 bits per heavy atom. The summed E-state index contributed by atoms with van der Waals surface area (Å²) in [6, 6.07) is 17.7. The van der Waals surface area contributed by atoms with Gasteiger partial charge < -0.3 is 9.15 Å². The number of rotatable bonds is 9. The number of nitrogens with one attached hydrogen (secondary N) is 2. The first-order valence-electron chi connectivity index (χ1n) is 10.8. The third-order valence-corrected chi connectivity index (χ3v) is 5.18. The van der Waals surface area contributed by atoms with Crippen LogP contribution in [-0.2, 0) is 9.53 Å². The van der Waals surface area contributed by atoms with Gasteiger partial charge in [0.25, 0.3) is 0 Å². The lowest BCUT2D eigenvalue weighted by Crippen LogP contribution is -2.32. The average molecular weight is 449 g/mol. The fourth-order valence-corrected chi connectivity index (χ4v) is 3.65. The summed E-state index contributed by atoms with van der Waals surface area (Å²) >= 11 is 0. The molecule has 3 rings (SSSR count). The molecule has 0 aliphatic heterocycles. The largest absolute Gasteiger partial charge is 0.462 e. The molecule has 0 aliphatic rings. The summed E-state index contributed by atoms with van der Waals surface area (Å²) in [5.41, 5.74) is 3.21. The Bertz CT molecular complexity index is 1130. The number of furan rings is 1. The number of hydrogen-bond acceptors (Lipinski definition) is 6. The van der Waals surface area contributed by atoms with Crippen molar-refractivity contribution in [2.75, 3.05) is 18.5 Å². The summed E-state index contributed by atoms with van der Waals surface area (Å²) in [6.45, 7) is 6.66. The molecule has 172 valence electrons. The molecule has 33 heavy (non-hydrogen) atoms. The molecule has 1 amide bonds. The standard InChI is InChI=1S/C26H28N2O5/c1-5-32-26(31)23-22(17(3)29)18(4)33-25(23)28-21(30)15-27-24(19-9-7-6-8-10-19)20-13-11-16(2)12-14-20/h6-14,24,27H,5,15H2,1-4H3,(H,28,30)/t24-/m1/s1. The molecule has 1 atom stereocenters. The number of anilines is 1. The van der Waals surface area contributed by atoms with Crippen molar-refractivity contribution in [3.63, 3.8) is 0 Å². The second-order valence-corrected chi connectivity index (χ2v) is 7.70. The van der Waals surface area contributed by atoms with Crippen molar-refractivity contribution in [1.29, 1.82) is 0 Å². The molecule has 0 fully saturated rings. The van der Waals surface area contributed by atoms with Crippen LogP contribution in [0.5, 0.6) is 0 Å². The van der Waals surface area contributed by atoms with Crippen LogP contribution in [0.3, 0.4) is 0 Å². The number of carbonyl (C=O) groups is 3.